The van der Waals surface area contributed by atoms with Crippen molar-refractivity contribution in [2.45, 2.75) is 26.4 Å². The first-order valence-corrected chi connectivity index (χ1v) is 7.65. The molecule has 0 aliphatic heterocycles. The van der Waals surface area contributed by atoms with Crippen LogP contribution in [0.5, 0.6) is 5.75 Å². The molecule has 0 fully saturated rings. The van der Waals surface area contributed by atoms with Gasteiger partial charge in [-0.25, -0.2) is 0 Å². The minimum Gasteiger partial charge on any atom is -0.497 e. The van der Waals surface area contributed by atoms with E-state index in [-0.39, 0.29) is 0 Å². The summed E-state index contributed by atoms with van der Waals surface area (Å²) in [5, 5.41) is 0. The summed E-state index contributed by atoms with van der Waals surface area (Å²) in [6.45, 7) is 4.95. The maximum Gasteiger partial charge on any atom is 0.118 e. The van der Waals surface area contributed by atoms with Crippen LogP contribution in [0.4, 0.5) is 0 Å². The number of rotatable bonds is 3. The van der Waals surface area contributed by atoms with E-state index < -0.39 is 0 Å². The summed E-state index contributed by atoms with van der Waals surface area (Å²) in [5.74, 6) is 0.872. The SMILES string of the molecule is CC(C)n1ccn(C)[c]1=[Pt].COc1ccc(CN)cc1. The summed E-state index contributed by atoms with van der Waals surface area (Å²) >= 11 is 2.33. The number of benzene rings is 1. The van der Waals surface area contributed by atoms with Crippen LogP contribution in [0.25, 0.3) is 0 Å². The van der Waals surface area contributed by atoms with E-state index in [1.807, 2.05) is 24.3 Å². The van der Waals surface area contributed by atoms with Gasteiger partial charge < -0.3 is 10.5 Å². The predicted octanol–water partition coefficient (Wildman–Crippen LogP) is 2.64. The summed E-state index contributed by atoms with van der Waals surface area (Å²) in [6.07, 6.45) is 4.18. The second-order valence-corrected chi connectivity index (χ2v) is 5.72. The van der Waals surface area contributed by atoms with Crippen molar-refractivity contribution in [1.29, 1.82) is 0 Å². The van der Waals surface area contributed by atoms with E-state index in [9.17, 15) is 0 Å². The van der Waals surface area contributed by atoms with Gasteiger partial charge in [0.1, 0.15) is 5.75 Å². The van der Waals surface area contributed by atoms with Gasteiger partial charge in [0.25, 0.3) is 0 Å². The Labute approximate surface area is 131 Å². The average Bonchev–Trinajstić information content (AvgIpc) is 2.80. The van der Waals surface area contributed by atoms with Crippen molar-refractivity contribution in [1.82, 2.24) is 9.13 Å². The Hall–Kier alpha value is -1.12. The van der Waals surface area contributed by atoms with E-state index in [2.05, 4.69) is 61.8 Å². The minimum absolute atomic E-state index is 0.564. The number of ether oxygens (including phenoxy) is 1. The smallest absolute Gasteiger partial charge is 0.118 e. The second kappa shape index (κ2) is 8.23. The predicted molar refractivity (Wildman–Crippen MR) is 77.9 cm³/mol. The van der Waals surface area contributed by atoms with Gasteiger partial charge in [-0.3, -0.25) is 0 Å². The monoisotopic (exact) mass is 456 g/mol. The topological polar surface area (TPSA) is 45.1 Å². The van der Waals surface area contributed by atoms with Crippen LogP contribution in [0.3, 0.4) is 0 Å². The molecule has 1 heterocycles. The number of aromatic nitrogens is 2. The molecule has 0 aliphatic carbocycles. The molecule has 0 spiro atoms. The number of imidazole rings is 1. The van der Waals surface area contributed by atoms with Gasteiger partial charge in [0.05, 0.1) is 7.11 Å². The number of nitrogens with zero attached hydrogens (tertiary/aromatic N) is 2. The molecule has 1 aromatic heterocycles. The zero-order valence-corrected chi connectivity index (χ0v) is 14.7. The first kappa shape index (κ1) is 16.9. The zero-order valence-electron chi connectivity index (χ0n) is 12.4. The van der Waals surface area contributed by atoms with E-state index >= 15 is 0 Å². The Morgan fingerprint density at radius 1 is 1.20 bits per heavy atom. The maximum atomic E-state index is 5.40. The Morgan fingerprint density at radius 3 is 2.10 bits per heavy atom. The van der Waals surface area contributed by atoms with E-state index in [0.717, 1.165) is 11.3 Å². The van der Waals surface area contributed by atoms with Crippen LogP contribution < -0.4 is 10.5 Å². The van der Waals surface area contributed by atoms with Crippen molar-refractivity contribution in [2.24, 2.45) is 12.8 Å². The van der Waals surface area contributed by atoms with Crippen LogP contribution in [-0.4, -0.2) is 16.2 Å². The molecule has 2 N–H and O–H groups in total. The molecule has 114 valence electrons. The largest absolute Gasteiger partial charge is 0.497 e. The van der Waals surface area contributed by atoms with Crippen molar-refractivity contribution in [3.8, 4) is 5.75 Å². The first-order chi connectivity index (χ1) is 9.49. The van der Waals surface area contributed by atoms with Crippen molar-refractivity contribution in [3.63, 3.8) is 0 Å². The number of hydrogen-bond acceptors (Lipinski definition) is 2. The Balaban J connectivity index is 0.000000200. The molecule has 1 aromatic carbocycles. The molecule has 0 atom stereocenters. The normalized spacial score (nSPS) is 10.2. The molecule has 2 rings (SSSR count). The van der Waals surface area contributed by atoms with Crippen LogP contribution >= 0.6 is 0 Å². The van der Waals surface area contributed by atoms with Gasteiger partial charge in [0.2, 0.25) is 0 Å². The van der Waals surface area contributed by atoms with E-state index in [1.165, 1.54) is 3.80 Å². The fourth-order valence-electron chi connectivity index (χ4n) is 1.60. The minimum atomic E-state index is 0.564. The molecular weight excluding hydrogens is 433 g/mol. The molecule has 0 saturated carbocycles. The fraction of sp³-hybridized carbons (Fsp3) is 0.400. The Morgan fingerprint density at radius 2 is 1.80 bits per heavy atom. The van der Waals surface area contributed by atoms with Gasteiger partial charge in [-0.2, -0.15) is 0 Å². The molecule has 4 nitrogen and oxygen atoms in total. The van der Waals surface area contributed by atoms with Gasteiger partial charge in [-0.1, -0.05) is 12.1 Å². The summed E-state index contributed by atoms with van der Waals surface area (Å²) in [6, 6.07) is 8.29. The summed E-state index contributed by atoms with van der Waals surface area (Å²) in [7, 11) is 3.71. The molecule has 0 saturated heterocycles. The summed E-state index contributed by atoms with van der Waals surface area (Å²) in [5.41, 5.74) is 6.53. The van der Waals surface area contributed by atoms with Crippen molar-refractivity contribution >= 4 is 0 Å². The average molecular weight is 456 g/mol. The molecule has 0 amide bonds. The third-order valence-corrected chi connectivity index (χ3v) is 4.26. The van der Waals surface area contributed by atoms with Gasteiger partial charge >= 0.3 is 71.6 Å². The number of methoxy groups -OCH3 is 1. The molecular formula is C15H23N3OPt. The van der Waals surface area contributed by atoms with E-state index in [0.29, 0.717) is 12.6 Å². The van der Waals surface area contributed by atoms with Crippen LogP contribution in [0.15, 0.2) is 36.7 Å². The standard InChI is InChI=1S/C8H11NO.C7H12N2.Pt/c1-10-8-4-2-7(6-9)3-5-8;1-7(2)9-5-4-8(3)6-9;/h2-5H,6,9H2,1H3;4-5,7H,1-3H3;. The molecule has 0 unspecified atom stereocenters. The van der Waals surface area contributed by atoms with Crippen LogP contribution in [-0.2, 0) is 32.9 Å². The molecule has 0 bridgehead atoms. The van der Waals surface area contributed by atoms with Crippen molar-refractivity contribution in [3.05, 3.63) is 46.0 Å². The number of aryl methyl sites for hydroxylation is 1. The molecule has 0 radical (unpaired) electrons. The second-order valence-electron chi connectivity index (χ2n) is 4.70. The maximum absolute atomic E-state index is 5.40. The van der Waals surface area contributed by atoms with Gasteiger partial charge in [0.15, 0.2) is 0 Å². The summed E-state index contributed by atoms with van der Waals surface area (Å²) in [4.78, 5) is 0. The quantitative estimate of drug-likeness (QED) is 0.772. The van der Waals surface area contributed by atoms with Crippen molar-refractivity contribution in [2.75, 3.05) is 7.11 Å². The van der Waals surface area contributed by atoms with Crippen LogP contribution in [0, 0.1) is 3.80 Å². The Bertz CT molecular complexity index is 547. The third-order valence-electron chi connectivity index (χ3n) is 2.87. The number of nitrogens with two attached hydrogens (primary N) is 1. The molecule has 2 aromatic rings. The van der Waals surface area contributed by atoms with Gasteiger partial charge in [-0.05, 0) is 17.7 Å². The molecule has 5 heteroatoms. The molecule has 0 aliphatic rings. The van der Waals surface area contributed by atoms with E-state index in [4.69, 9.17) is 10.5 Å². The fourth-order valence-corrected chi connectivity index (χ4v) is 2.52. The Kier molecular flexibility index (Phi) is 6.97. The molecule has 20 heavy (non-hydrogen) atoms. The zero-order chi connectivity index (χ0) is 15.1. The van der Waals surface area contributed by atoms with E-state index in [1.54, 1.807) is 7.11 Å². The van der Waals surface area contributed by atoms with Crippen LogP contribution in [0.2, 0.25) is 0 Å². The summed E-state index contributed by atoms with van der Waals surface area (Å²) < 4.78 is 10.6. The van der Waals surface area contributed by atoms with Gasteiger partial charge in [-0.15, -0.1) is 0 Å². The third kappa shape index (κ3) is 4.77. The first-order valence-electron chi connectivity index (χ1n) is 6.51. The van der Waals surface area contributed by atoms with Crippen molar-refractivity contribution < 1.29 is 24.1 Å². The number of hydrogen-bond donors (Lipinski definition) is 1. The van der Waals surface area contributed by atoms with Gasteiger partial charge in [0, 0.05) is 6.54 Å². The van der Waals surface area contributed by atoms with Crippen LogP contribution in [0.1, 0.15) is 25.5 Å².